The average Bonchev–Trinajstić information content (AvgIpc) is 3.13. The van der Waals surface area contributed by atoms with Gasteiger partial charge in [0.2, 0.25) is 18.2 Å². The summed E-state index contributed by atoms with van der Waals surface area (Å²) in [7, 11) is 0. The number of rotatable bonds is 5. The number of nitrogens with one attached hydrogen (secondary N) is 1. The van der Waals surface area contributed by atoms with Crippen molar-refractivity contribution in [3.63, 3.8) is 0 Å². The molecule has 0 spiro atoms. The molecule has 0 radical (unpaired) electrons. The van der Waals surface area contributed by atoms with Crippen LogP contribution in [-0.4, -0.2) is 27.2 Å². The van der Waals surface area contributed by atoms with Crippen molar-refractivity contribution < 1.29 is 9.21 Å². The first-order valence-electron chi connectivity index (χ1n) is 6.90. The Morgan fingerprint density at radius 3 is 3.00 bits per heavy atom. The van der Waals surface area contributed by atoms with E-state index in [0.717, 1.165) is 22.9 Å². The van der Waals surface area contributed by atoms with E-state index in [0.29, 0.717) is 12.4 Å². The van der Waals surface area contributed by atoms with E-state index in [4.69, 9.17) is 4.42 Å². The summed E-state index contributed by atoms with van der Waals surface area (Å²) < 4.78 is 7.18. The van der Waals surface area contributed by atoms with Crippen molar-refractivity contribution in [1.82, 2.24) is 20.1 Å². The average molecular weight is 284 g/mol. The molecule has 2 aromatic heterocycles. The molecule has 0 aliphatic rings. The number of para-hydroxylation sites is 1. The van der Waals surface area contributed by atoms with Gasteiger partial charge in [0.15, 0.2) is 0 Å². The molecule has 3 aromatic rings. The third-order valence-electron chi connectivity index (χ3n) is 3.27. The van der Waals surface area contributed by atoms with Gasteiger partial charge in [-0.05, 0) is 12.5 Å². The third-order valence-corrected chi connectivity index (χ3v) is 3.27. The van der Waals surface area contributed by atoms with Crippen LogP contribution in [0, 0.1) is 0 Å². The number of hydrogen-bond donors (Lipinski definition) is 1. The smallest absolute Gasteiger partial charge is 0.249 e. The molecular formula is C15H16N4O2. The Kier molecular flexibility index (Phi) is 3.68. The van der Waals surface area contributed by atoms with E-state index in [1.807, 2.05) is 42.0 Å². The van der Waals surface area contributed by atoms with Crippen molar-refractivity contribution in [2.45, 2.75) is 19.9 Å². The van der Waals surface area contributed by atoms with E-state index >= 15 is 0 Å². The van der Waals surface area contributed by atoms with Crippen LogP contribution in [-0.2, 0) is 11.3 Å². The second kappa shape index (κ2) is 5.78. The fraction of sp³-hybridized carbons (Fsp3) is 0.267. The first kappa shape index (κ1) is 13.4. The van der Waals surface area contributed by atoms with Crippen molar-refractivity contribution in [1.29, 1.82) is 0 Å². The zero-order valence-electron chi connectivity index (χ0n) is 11.7. The van der Waals surface area contributed by atoms with Crippen molar-refractivity contribution in [2.75, 3.05) is 6.54 Å². The van der Waals surface area contributed by atoms with E-state index in [1.165, 1.54) is 6.39 Å². The molecule has 1 N–H and O–H groups in total. The van der Waals surface area contributed by atoms with Crippen molar-refractivity contribution in [2.24, 2.45) is 0 Å². The molecule has 3 rings (SSSR count). The van der Waals surface area contributed by atoms with E-state index < -0.39 is 0 Å². The molecule has 0 atom stereocenters. The van der Waals surface area contributed by atoms with Crippen LogP contribution in [0.1, 0.15) is 13.3 Å². The van der Waals surface area contributed by atoms with Gasteiger partial charge in [-0.25, -0.2) is 0 Å². The minimum absolute atomic E-state index is 0.00492. The normalized spacial score (nSPS) is 10.9. The summed E-state index contributed by atoms with van der Waals surface area (Å²) in [4.78, 5) is 11.9. The molecule has 0 saturated heterocycles. The lowest BCUT2D eigenvalue weighted by atomic mass is 10.2. The quantitative estimate of drug-likeness (QED) is 0.779. The maximum absolute atomic E-state index is 11.9. The summed E-state index contributed by atoms with van der Waals surface area (Å²) in [5.74, 6) is 0.452. The lowest BCUT2D eigenvalue weighted by molar-refractivity contribution is -0.121. The number of aromatic nitrogens is 3. The highest BCUT2D eigenvalue weighted by atomic mass is 16.4. The Bertz CT molecular complexity index is 746. The van der Waals surface area contributed by atoms with Crippen LogP contribution in [0.5, 0.6) is 0 Å². The van der Waals surface area contributed by atoms with Crippen LogP contribution in [0.15, 0.2) is 41.3 Å². The number of hydrogen-bond acceptors (Lipinski definition) is 4. The minimum Gasteiger partial charge on any atom is -0.423 e. The Morgan fingerprint density at radius 1 is 1.38 bits per heavy atom. The Morgan fingerprint density at radius 2 is 2.24 bits per heavy atom. The first-order valence-corrected chi connectivity index (χ1v) is 6.90. The molecule has 0 saturated carbocycles. The molecule has 1 aromatic carbocycles. The van der Waals surface area contributed by atoms with Crippen LogP contribution in [0.25, 0.3) is 22.4 Å². The molecule has 0 aliphatic carbocycles. The molecule has 21 heavy (non-hydrogen) atoms. The fourth-order valence-electron chi connectivity index (χ4n) is 2.31. The first-order chi connectivity index (χ1) is 10.3. The zero-order chi connectivity index (χ0) is 14.7. The number of nitrogens with zero attached hydrogens (tertiary/aromatic N) is 3. The number of carbonyl (C=O) groups excluding carboxylic acids is 1. The molecule has 1 amide bonds. The summed E-state index contributed by atoms with van der Waals surface area (Å²) >= 11 is 0. The fourth-order valence-corrected chi connectivity index (χ4v) is 2.31. The number of benzene rings is 1. The second-order valence-corrected chi connectivity index (χ2v) is 4.78. The number of amides is 1. The largest absolute Gasteiger partial charge is 0.423 e. The van der Waals surface area contributed by atoms with Gasteiger partial charge in [0.05, 0.1) is 5.56 Å². The second-order valence-electron chi connectivity index (χ2n) is 4.78. The van der Waals surface area contributed by atoms with Crippen LogP contribution >= 0.6 is 0 Å². The van der Waals surface area contributed by atoms with Crippen molar-refractivity contribution in [3.8, 4) is 11.5 Å². The predicted molar refractivity (Wildman–Crippen MR) is 78.5 cm³/mol. The van der Waals surface area contributed by atoms with Gasteiger partial charge in [0.1, 0.15) is 6.54 Å². The Hall–Kier alpha value is -2.63. The van der Waals surface area contributed by atoms with Crippen molar-refractivity contribution in [3.05, 3.63) is 36.9 Å². The van der Waals surface area contributed by atoms with E-state index in [1.54, 1.807) is 0 Å². The van der Waals surface area contributed by atoms with Gasteiger partial charge in [-0.2, -0.15) is 0 Å². The van der Waals surface area contributed by atoms with E-state index in [2.05, 4.69) is 15.5 Å². The lowest BCUT2D eigenvalue weighted by Gasteiger charge is -2.05. The van der Waals surface area contributed by atoms with Gasteiger partial charge in [-0.1, -0.05) is 25.1 Å². The minimum atomic E-state index is -0.00492. The van der Waals surface area contributed by atoms with Gasteiger partial charge in [0.25, 0.3) is 0 Å². The molecule has 2 heterocycles. The Labute approximate surface area is 121 Å². The summed E-state index contributed by atoms with van der Waals surface area (Å²) in [5, 5.41) is 11.5. The summed E-state index contributed by atoms with van der Waals surface area (Å²) in [6.45, 7) is 2.99. The lowest BCUT2D eigenvalue weighted by Crippen LogP contribution is -2.27. The summed E-state index contributed by atoms with van der Waals surface area (Å²) in [6.07, 6.45) is 4.10. The number of fused-ring (bicyclic) bond motifs is 1. The highest BCUT2D eigenvalue weighted by molar-refractivity contribution is 5.94. The molecule has 6 nitrogen and oxygen atoms in total. The van der Waals surface area contributed by atoms with Gasteiger partial charge < -0.3 is 14.3 Å². The molecule has 0 aliphatic heterocycles. The van der Waals surface area contributed by atoms with Crippen LogP contribution in [0.2, 0.25) is 0 Å². The zero-order valence-corrected chi connectivity index (χ0v) is 11.7. The van der Waals surface area contributed by atoms with E-state index in [9.17, 15) is 4.79 Å². The molecule has 108 valence electrons. The number of carbonyl (C=O) groups is 1. The summed E-state index contributed by atoms with van der Waals surface area (Å²) in [6, 6.07) is 7.85. The van der Waals surface area contributed by atoms with Gasteiger partial charge >= 0.3 is 0 Å². The maximum atomic E-state index is 11.9. The highest BCUT2D eigenvalue weighted by Gasteiger charge is 2.15. The predicted octanol–water partition coefficient (Wildman–Crippen LogP) is 2.22. The standard InChI is InChI=1S/C15H16N4O2/c1-2-7-16-14(20)9-19-8-12(15-18-17-10-21-15)11-5-3-4-6-13(11)19/h3-6,8,10H,2,7,9H2,1H3,(H,16,20). The SMILES string of the molecule is CCCNC(=O)Cn1cc(-c2nnco2)c2ccccc21. The monoisotopic (exact) mass is 284 g/mol. The molecule has 0 unspecified atom stereocenters. The van der Waals surface area contributed by atoms with Crippen molar-refractivity contribution >= 4 is 16.8 Å². The van der Waals surface area contributed by atoms with Gasteiger partial charge in [0, 0.05) is 23.6 Å². The van der Waals surface area contributed by atoms with Crippen LogP contribution in [0.4, 0.5) is 0 Å². The van der Waals surface area contributed by atoms with E-state index in [-0.39, 0.29) is 12.5 Å². The van der Waals surface area contributed by atoms with Crippen LogP contribution < -0.4 is 5.32 Å². The van der Waals surface area contributed by atoms with Gasteiger partial charge in [-0.3, -0.25) is 4.79 Å². The molecule has 0 bridgehead atoms. The molecule has 0 fully saturated rings. The summed E-state index contributed by atoms with van der Waals surface area (Å²) in [5.41, 5.74) is 1.81. The Balaban J connectivity index is 1.98. The van der Waals surface area contributed by atoms with Gasteiger partial charge in [-0.15, -0.1) is 10.2 Å². The topological polar surface area (TPSA) is 73.0 Å². The van der Waals surface area contributed by atoms with Crippen LogP contribution in [0.3, 0.4) is 0 Å². The third kappa shape index (κ3) is 2.65. The molecule has 6 heteroatoms. The maximum Gasteiger partial charge on any atom is 0.249 e. The molecular weight excluding hydrogens is 268 g/mol. The highest BCUT2D eigenvalue weighted by Crippen LogP contribution is 2.29.